The Bertz CT molecular complexity index is 2150. The largest absolute Gasteiger partial charge is 0.297 e. The second-order valence-corrected chi connectivity index (χ2v) is 18.2. The molecule has 2 unspecified atom stereocenters. The summed E-state index contributed by atoms with van der Waals surface area (Å²) >= 11 is 12.3. The third-order valence-corrected chi connectivity index (χ3v) is 12.4. The van der Waals surface area contributed by atoms with E-state index in [-0.39, 0.29) is 17.5 Å². The molecule has 2 aliphatic heterocycles. The Morgan fingerprint density at radius 1 is 0.441 bits per heavy atom. The Balaban J connectivity index is 0.000000180. The average Bonchev–Trinajstić information content (AvgIpc) is 3.25. The minimum atomic E-state index is 0.207. The van der Waals surface area contributed by atoms with Crippen molar-refractivity contribution in [3.63, 3.8) is 0 Å². The maximum absolute atomic E-state index is 6.16. The minimum Gasteiger partial charge on any atom is -0.297 e. The molecule has 2 aliphatic rings. The zero-order chi connectivity index (χ0) is 41.2. The molecule has 0 amide bonds. The third kappa shape index (κ3) is 11.9. The van der Waals surface area contributed by atoms with Crippen LogP contribution in [0.3, 0.4) is 0 Å². The zero-order valence-corrected chi connectivity index (χ0v) is 36.8. The average molecular weight is 824 g/mol. The van der Waals surface area contributed by atoms with Crippen LogP contribution in [0.5, 0.6) is 0 Å². The summed E-state index contributed by atoms with van der Waals surface area (Å²) in [6.45, 7) is 19.6. The molecule has 6 heteroatoms. The van der Waals surface area contributed by atoms with Gasteiger partial charge in [0, 0.05) is 75.5 Å². The van der Waals surface area contributed by atoms with Crippen molar-refractivity contribution in [2.24, 2.45) is 0 Å². The Kier molecular flexibility index (Phi) is 14.8. The van der Waals surface area contributed by atoms with Gasteiger partial charge in [0.05, 0.1) is 12.1 Å². The van der Waals surface area contributed by atoms with E-state index in [0.29, 0.717) is 0 Å². The molecule has 0 aromatic heterocycles. The quantitative estimate of drug-likeness (QED) is 0.136. The van der Waals surface area contributed by atoms with Crippen molar-refractivity contribution >= 4 is 23.2 Å². The summed E-state index contributed by atoms with van der Waals surface area (Å²) in [6, 6.07) is 56.9. The highest BCUT2D eigenvalue weighted by molar-refractivity contribution is 6.30. The molecule has 6 aromatic carbocycles. The predicted molar refractivity (Wildman–Crippen MR) is 249 cm³/mol. The lowest BCUT2D eigenvalue weighted by Gasteiger charge is -2.40. The SMILES string of the molecule is CC(C)(C)c1ccc(CN2CCN(C(c3ccccc3)c3ccc(Cl)cc3)CC2)cc1.Cc1cccc(CN2CCN(C(c3ccccc3)c3ccc(Cl)cc3)CC2)c1. The van der Waals surface area contributed by atoms with Gasteiger partial charge >= 0.3 is 0 Å². The van der Waals surface area contributed by atoms with Gasteiger partial charge in [-0.3, -0.25) is 19.6 Å². The fourth-order valence-corrected chi connectivity index (χ4v) is 8.84. The first-order valence-corrected chi connectivity index (χ1v) is 22.0. The number of nitrogens with zero attached hydrogens (tertiary/aromatic N) is 4. The molecule has 0 saturated carbocycles. The van der Waals surface area contributed by atoms with Gasteiger partial charge in [0.15, 0.2) is 0 Å². The van der Waals surface area contributed by atoms with Crippen LogP contribution in [0.15, 0.2) is 158 Å². The standard InChI is InChI=1S/C28H33ClN2.C25H27ClN2/c1-28(2,3)25-13-9-22(10-14-25)21-30-17-19-31(20-18-30)27(23-7-5-4-6-8-23)24-11-15-26(29)16-12-24;1-20-6-5-7-21(18-20)19-27-14-16-28(17-15-27)25(22-8-3-2-4-9-22)23-10-12-24(26)13-11-23/h4-16,27H,17-21H2,1-3H3;2-13,18,25H,14-17,19H2,1H3. The molecule has 4 nitrogen and oxygen atoms in total. The molecule has 0 aliphatic carbocycles. The first kappa shape index (κ1) is 42.8. The monoisotopic (exact) mass is 822 g/mol. The molecule has 59 heavy (non-hydrogen) atoms. The number of halogens is 2. The van der Waals surface area contributed by atoms with Gasteiger partial charge in [-0.15, -0.1) is 0 Å². The number of hydrogen-bond donors (Lipinski definition) is 0. The Morgan fingerprint density at radius 2 is 0.847 bits per heavy atom. The third-order valence-electron chi connectivity index (χ3n) is 11.9. The summed E-state index contributed by atoms with van der Waals surface area (Å²) in [5, 5.41) is 1.58. The molecule has 2 heterocycles. The minimum absolute atomic E-state index is 0.207. The van der Waals surface area contributed by atoms with Gasteiger partial charge in [0.1, 0.15) is 0 Å². The number of piperazine rings is 2. The maximum Gasteiger partial charge on any atom is 0.0602 e. The summed E-state index contributed by atoms with van der Waals surface area (Å²) in [6.07, 6.45) is 0. The van der Waals surface area contributed by atoms with Crippen LogP contribution in [0.1, 0.15) is 77.4 Å². The molecule has 306 valence electrons. The number of rotatable bonds is 10. The molecule has 8 rings (SSSR count). The lowest BCUT2D eigenvalue weighted by Crippen LogP contribution is -2.47. The second kappa shape index (κ2) is 20.3. The fraction of sp³-hybridized carbons (Fsp3) is 0.321. The lowest BCUT2D eigenvalue weighted by molar-refractivity contribution is 0.105. The molecule has 6 aromatic rings. The zero-order valence-electron chi connectivity index (χ0n) is 35.3. The number of hydrogen-bond acceptors (Lipinski definition) is 4. The van der Waals surface area contributed by atoms with E-state index in [1.165, 1.54) is 44.5 Å². The van der Waals surface area contributed by atoms with Crippen LogP contribution in [-0.2, 0) is 18.5 Å². The van der Waals surface area contributed by atoms with Crippen LogP contribution >= 0.6 is 23.2 Å². The van der Waals surface area contributed by atoms with Crippen molar-refractivity contribution in [1.82, 2.24) is 19.6 Å². The predicted octanol–water partition coefficient (Wildman–Crippen LogP) is 12.1. The molecular formula is C53H60Cl2N4. The van der Waals surface area contributed by atoms with Gasteiger partial charge in [0.25, 0.3) is 0 Å². The summed E-state index contributed by atoms with van der Waals surface area (Å²) in [4.78, 5) is 10.4. The van der Waals surface area contributed by atoms with E-state index < -0.39 is 0 Å². The van der Waals surface area contributed by atoms with Crippen LogP contribution in [-0.4, -0.2) is 72.0 Å². The highest BCUT2D eigenvalue weighted by Crippen LogP contribution is 2.32. The Labute approximate surface area is 364 Å². The van der Waals surface area contributed by atoms with Crippen molar-refractivity contribution in [2.45, 2.75) is 58.3 Å². The molecule has 0 spiro atoms. The number of benzene rings is 6. The van der Waals surface area contributed by atoms with E-state index >= 15 is 0 Å². The van der Waals surface area contributed by atoms with Gasteiger partial charge in [-0.1, -0.05) is 183 Å². The number of aryl methyl sites for hydroxylation is 1. The summed E-state index contributed by atoms with van der Waals surface area (Å²) in [5.41, 5.74) is 11.1. The van der Waals surface area contributed by atoms with Crippen molar-refractivity contribution in [1.29, 1.82) is 0 Å². The molecule has 0 bridgehead atoms. The highest BCUT2D eigenvalue weighted by Gasteiger charge is 2.28. The summed E-state index contributed by atoms with van der Waals surface area (Å²) in [5.74, 6) is 0. The fourth-order valence-electron chi connectivity index (χ4n) is 8.59. The van der Waals surface area contributed by atoms with Crippen LogP contribution in [0, 0.1) is 6.92 Å². The van der Waals surface area contributed by atoms with Gasteiger partial charge in [0.2, 0.25) is 0 Å². The topological polar surface area (TPSA) is 13.0 Å². The Hall–Kier alpha value is -4.26. The van der Waals surface area contributed by atoms with Crippen LogP contribution in [0.4, 0.5) is 0 Å². The molecule has 2 fully saturated rings. The van der Waals surface area contributed by atoms with Crippen molar-refractivity contribution in [3.05, 3.63) is 212 Å². The van der Waals surface area contributed by atoms with Crippen molar-refractivity contribution in [3.8, 4) is 0 Å². The summed E-state index contributed by atoms with van der Waals surface area (Å²) in [7, 11) is 0. The van der Waals surface area contributed by atoms with Crippen LogP contribution in [0.2, 0.25) is 10.0 Å². The summed E-state index contributed by atoms with van der Waals surface area (Å²) < 4.78 is 0. The van der Waals surface area contributed by atoms with Gasteiger partial charge < -0.3 is 0 Å². The van der Waals surface area contributed by atoms with E-state index in [1.54, 1.807) is 0 Å². The second-order valence-electron chi connectivity index (χ2n) is 17.3. The maximum atomic E-state index is 6.16. The van der Waals surface area contributed by atoms with Crippen molar-refractivity contribution < 1.29 is 0 Å². The molecule has 0 radical (unpaired) electrons. The first-order valence-electron chi connectivity index (χ1n) is 21.3. The smallest absolute Gasteiger partial charge is 0.0602 e. The lowest BCUT2D eigenvalue weighted by atomic mass is 9.87. The van der Waals surface area contributed by atoms with Crippen molar-refractivity contribution in [2.75, 3.05) is 52.4 Å². The molecule has 0 N–H and O–H groups in total. The van der Waals surface area contributed by atoms with E-state index in [9.17, 15) is 0 Å². The van der Waals surface area contributed by atoms with E-state index in [4.69, 9.17) is 23.2 Å². The normalized spacial score (nSPS) is 16.8. The van der Waals surface area contributed by atoms with Crippen LogP contribution < -0.4 is 0 Å². The molecule has 2 saturated heterocycles. The van der Waals surface area contributed by atoms with E-state index in [0.717, 1.165) is 75.5 Å². The van der Waals surface area contributed by atoms with Gasteiger partial charge in [-0.25, -0.2) is 0 Å². The Morgan fingerprint density at radius 3 is 1.25 bits per heavy atom. The van der Waals surface area contributed by atoms with Gasteiger partial charge in [-0.05, 0) is 75.5 Å². The van der Waals surface area contributed by atoms with E-state index in [2.05, 4.69) is 181 Å². The van der Waals surface area contributed by atoms with Crippen LogP contribution in [0.25, 0.3) is 0 Å². The van der Waals surface area contributed by atoms with Gasteiger partial charge in [-0.2, -0.15) is 0 Å². The van der Waals surface area contributed by atoms with E-state index in [1.807, 2.05) is 24.3 Å². The molecule has 2 atom stereocenters. The highest BCUT2D eigenvalue weighted by atomic mass is 35.5. The first-order chi connectivity index (χ1) is 28.6. The molecular weight excluding hydrogens is 764 g/mol.